The lowest BCUT2D eigenvalue weighted by Crippen LogP contribution is -2.43. The normalized spacial score (nSPS) is 22.9. The van der Waals surface area contributed by atoms with Gasteiger partial charge in [-0.05, 0) is 33.6 Å². The van der Waals surface area contributed by atoms with Gasteiger partial charge in [0, 0.05) is 12.2 Å². The van der Waals surface area contributed by atoms with Gasteiger partial charge in [-0.25, -0.2) is 0 Å². The van der Waals surface area contributed by atoms with Crippen molar-refractivity contribution in [2.75, 3.05) is 0 Å². The molecule has 2 atom stereocenters. The van der Waals surface area contributed by atoms with Crippen molar-refractivity contribution in [2.45, 2.75) is 70.9 Å². The highest BCUT2D eigenvalue weighted by molar-refractivity contribution is 5.94. The highest BCUT2D eigenvalue weighted by Crippen LogP contribution is 2.23. The molecule has 1 aromatic rings. The van der Waals surface area contributed by atoms with E-state index in [0.29, 0.717) is 12.0 Å². The zero-order valence-electron chi connectivity index (χ0n) is 14.2. The van der Waals surface area contributed by atoms with Gasteiger partial charge in [-0.15, -0.1) is 0 Å². The van der Waals surface area contributed by atoms with E-state index in [-0.39, 0.29) is 17.5 Å². The van der Waals surface area contributed by atoms with Gasteiger partial charge in [0.1, 0.15) is 0 Å². The minimum atomic E-state index is -0.817. The fourth-order valence-electron chi connectivity index (χ4n) is 3.01. The second-order valence-electron chi connectivity index (χ2n) is 7.36. The molecule has 1 aromatic heterocycles. The number of carboxylic acids is 1. The summed E-state index contributed by atoms with van der Waals surface area (Å²) in [4.78, 5) is 24.0. The first kappa shape index (κ1) is 17.5. The fourth-order valence-corrected chi connectivity index (χ4v) is 3.01. The summed E-state index contributed by atoms with van der Waals surface area (Å²) in [6.07, 6.45) is 8.63. The average molecular weight is 321 g/mol. The van der Waals surface area contributed by atoms with Crippen molar-refractivity contribution in [2.24, 2.45) is 5.92 Å². The molecule has 0 aliphatic heterocycles. The molecule has 128 valence electrons. The molecule has 0 bridgehead atoms. The molecular formula is C17H27N3O3. The number of carbonyl (C=O) groups is 2. The summed E-state index contributed by atoms with van der Waals surface area (Å²) in [6, 6.07) is -0.307. The van der Waals surface area contributed by atoms with Gasteiger partial charge in [-0.3, -0.25) is 14.3 Å². The van der Waals surface area contributed by atoms with Crippen LogP contribution in [0, 0.1) is 5.92 Å². The number of hydrogen-bond donors (Lipinski definition) is 2. The molecule has 1 aliphatic carbocycles. The van der Waals surface area contributed by atoms with Crippen molar-refractivity contribution in [3.63, 3.8) is 0 Å². The number of aliphatic carboxylic acids is 1. The van der Waals surface area contributed by atoms with Gasteiger partial charge in [0.05, 0.1) is 23.2 Å². The van der Waals surface area contributed by atoms with E-state index in [4.69, 9.17) is 0 Å². The van der Waals surface area contributed by atoms with Crippen LogP contribution < -0.4 is 5.32 Å². The van der Waals surface area contributed by atoms with Crippen LogP contribution in [0.5, 0.6) is 0 Å². The summed E-state index contributed by atoms with van der Waals surface area (Å²) < 4.78 is 1.74. The molecule has 2 unspecified atom stereocenters. The van der Waals surface area contributed by atoms with Crippen molar-refractivity contribution in [3.05, 3.63) is 18.0 Å². The van der Waals surface area contributed by atoms with E-state index >= 15 is 0 Å². The maximum Gasteiger partial charge on any atom is 0.308 e. The summed E-state index contributed by atoms with van der Waals surface area (Å²) in [6.45, 7) is 6.03. The Balaban J connectivity index is 2.09. The highest BCUT2D eigenvalue weighted by Gasteiger charge is 2.30. The van der Waals surface area contributed by atoms with Crippen molar-refractivity contribution < 1.29 is 14.7 Å². The summed E-state index contributed by atoms with van der Waals surface area (Å²) >= 11 is 0. The SMILES string of the molecule is CC(C)(C)n1cc(C(=O)NC2CCCCCCC2C(=O)O)cn1. The fraction of sp³-hybridized carbons (Fsp3) is 0.706. The highest BCUT2D eigenvalue weighted by atomic mass is 16.4. The summed E-state index contributed by atoms with van der Waals surface area (Å²) in [5.74, 6) is -1.56. The molecule has 0 radical (unpaired) electrons. The molecule has 0 spiro atoms. The molecule has 2 N–H and O–H groups in total. The van der Waals surface area contributed by atoms with Gasteiger partial charge in [-0.2, -0.15) is 5.10 Å². The predicted molar refractivity (Wildman–Crippen MR) is 87.3 cm³/mol. The average Bonchev–Trinajstić information content (AvgIpc) is 2.91. The van der Waals surface area contributed by atoms with Gasteiger partial charge >= 0.3 is 5.97 Å². The smallest absolute Gasteiger partial charge is 0.308 e. The Morgan fingerprint density at radius 1 is 1.22 bits per heavy atom. The van der Waals surface area contributed by atoms with E-state index in [2.05, 4.69) is 10.4 Å². The number of amides is 1. The van der Waals surface area contributed by atoms with Crippen molar-refractivity contribution in [1.82, 2.24) is 15.1 Å². The number of carboxylic acid groups (broad SMARTS) is 1. The quantitative estimate of drug-likeness (QED) is 0.896. The standard InChI is InChI=1S/C17H27N3O3/c1-17(2,3)20-11-12(10-18-20)15(21)19-14-9-7-5-4-6-8-13(14)16(22)23/h10-11,13-14H,4-9H2,1-3H3,(H,19,21)(H,22,23). The molecule has 0 aromatic carbocycles. The lowest BCUT2D eigenvalue weighted by Gasteiger charge is -2.27. The third kappa shape index (κ3) is 4.56. The van der Waals surface area contributed by atoms with Crippen LogP contribution >= 0.6 is 0 Å². The maximum atomic E-state index is 12.5. The van der Waals surface area contributed by atoms with Crippen LogP contribution in [0.15, 0.2) is 12.4 Å². The Kier molecular flexibility index (Phi) is 5.44. The van der Waals surface area contributed by atoms with E-state index in [1.165, 1.54) is 0 Å². The molecular weight excluding hydrogens is 294 g/mol. The van der Waals surface area contributed by atoms with Crippen LogP contribution in [0.4, 0.5) is 0 Å². The largest absolute Gasteiger partial charge is 0.481 e. The molecule has 1 saturated carbocycles. The van der Waals surface area contributed by atoms with E-state index in [1.807, 2.05) is 20.8 Å². The Morgan fingerprint density at radius 3 is 2.43 bits per heavy atom. The number of nitrogens with one attached hydrogen (secondary N) is 1. The monoisotopic (exact) mass is 321 g/mol. The molecule has 1 fully saturated rings. The van der Waals surface area contributed by atoms with Gasteiger partial charge in [-0.1, -0.05) is 25.7 Å². The molecule has 2 rings (SSSR count). The Morgan fingerprint density at radius 2 is 1.87 bits per heavy atom. The minimum absolute atomic E-state index is 0.192. The van der Waals surface area contributed by atoms with Crippen LogP contribution in [-0.4, -0.2) is 32.8 Å². The first-order valence-corrected chi connectivity index (χ1v) is 8.38. The van der Waals surface area contributed by atoms with Crippen molar-refractivity contribution >= 4 is 11.9 Å². The molecule has 1 heterocycles. The molecule has 0 saturated heterocycles. The van der Waals surface area contributed by atoms with E-state index in [1.54, 1.807) is 17.1 Å². The van der Waals surface area contributed by atoms with Crippen LogP contribution in [0.1, 0.15) is 69.7 Å². The summed E-state index contributed by atoms with van der Waals surface area (Å²) in [5, 5.41) is 16.6. The first-order chi connectivity index (χ1) is 10.8. The van der Waals surface area contributed by atoms with Crippen LogP contribution in [0.25, 0.3) is 0 Å². The zero-order valence-corrected chi connectivity index (χ0v) is 14.2. The van der Waals surface area contributed by atoms with Crippen molar-refractivity contribution in [3.8, 4) is 0 Å². The number of nitrogens with zero attached hydrogens (tertiary/aromatic N) is 2. The number of rotatable bonds is 3. The van der Waals surface area contributed by atoms with Crippen LogP contribution in [0.3, 0.4) is 0 Å². The van der Waals surface area contributed by atoms with Gasteiger partial charge in [0.15, 0.2) is 0 Å². The van der Waals surface area contributed by atoms with Gasteiger partial charge in [0.25, 0.3) is 5.91 Å². The third-order valence-corrected chi connectivity index (χ3v) is 4.43. The third-order valence-electron chi connectivity index (χ3n) is 4.43. The molecule has 1 aliphatic rings. The minimum Gasteiger partial charge on any atom is -0.481 e. The van der Waals surface area contributed by atoms with Crippen molar-refractivity contribution in [1.29, 1.82) is 0 Å². The Bertz CT molecular complexity index is 560. The second-order valence-corrected chi connectivity index (χ2v) is 7.36. The molecule has 23 heavy (non-hydrogen) atoms. The second kappa shape index (κ2) is 7.15. The van der Waals surface area contributed by atoms with E-state index in [9.17, 15) is 14.7 Å². The summed E-state index contributed by atoms with van der Waals surface area (Å²) in [5.41, 5.74) is 0.286. The lowest BCUT2D eigenvalue weighted by atomic mass is 9.86. The van der Waals surface area contributed by atoms with E-state index in [0.717, 1.165) is 32.1 Å². The first-order valence-electron chi connectivity index (χ1n) is 8.38. The maximum absolute atomic E-state index is 12.5. The molecule has 6 heteroatoms. The number of carbonyl (C=O) groups excluding carboxylic acids is 1. The summed E-state index contributed by atoms with van der Waals surface area (Å²) in [7, 11) is 0. The zero-order chi connectivity index (χ0) is 17.0. The van der Waals surface area contributed by atoms with Crippen LogP contribution in [0.2, 0.25) is 0 Å². The van der Waals surface area contributed by atoms with Gasteiger partial charge < -0.3 is 10.4 Å². The lowest BCUT2D eigenvalue weighted by molar-refractivity contribution is -0.143. The Hall–Kier alpha value is -1.85. The molecule has 6 nitrogen and oxygen atoms in total. The molecule has 1 amide bonds. The topological polar surface area (TPSA) is 84.2 Å². The van der Waals surface area contributed by atoms with Crippen LogP contribution in [-0.2, 0) is 10.3 Å². The number of hydrogen-bond acceptors (Lipinski definition) is 3. The van der Waals surface area contributed by atoms with E-state index < -0.39 is 11.9 Å². The van der Waals surface area contributed by atoms with Gasteiger partial charge in [0.2, 0.25) is 0 Å². The number of aromatic nitrogens is 2. The predicted octanol–water partition coefficient (Wildman–Crippen LogP) is 2.79. The Labute approximate surface area is 137 Å².